The van der Waals surface area contributed by atoms with Crippen LogP contribution in [0.15, 0.2) is 42.1 Å². The molecule has 1 aliphatic carbocycles. The molecule has 292 valence electrons. The van der Waals surface area contributed by atoms with E-state index >= 15 is 22.0 Å². The average Bonchev–Trinajstić information content (AvgIpc) is 3.88. The van der Waals surface area contributed by atoms with Gasteiger partial charge in [-0.15, -0.1) is 11.3 Å². The van der Waals surface area contributed by atoms with E-state index in [-0.39, 0.29) is 87.3 Å². The quantitative estimate of drug-likeness (QED) is 0.147. The van der Waals surface area contributed by atoms with Crippen molar-refractivity contribution in [1.29, 1.82) is 5.26 Å². The summed E-state index contributed by atoms with van der Waals surface area (Å²) < 4.78 is 117. The number of anilines is 3. The zero-order chi connectivity index (χ0) is 39.7. The van der Waals surface area contributed by atoms with Crippen molar-refractivity contribution in [2.75, 3.05) is 55.8 Å². The van der Waals surface area contributed by atoms with Gasteiger partial charge in [0.05, 0.1) is 34.8 Å². The molecule has 3 aromatic heterocycles. The number of alkyl halides is 3. The largest absolute Gasteiger partial charge is 0.490 e. The Morgan fingerprint density at radius 3 is 2.50 bits per heavy atom. The zero-order valence-corrected chi connectivity index (χ0v) is 30.6. The summed E-state index contributed by atoms with van der Waals surface area (Å²) in [6, 6.07) is 6.07. The number of nitriles is 1. The SMILES string of the molecule is C[C@H](c1cccnc1N)N1CCOc2c(C(F)(F)F)c(-c3ccc(F)c4sc(N)c(C#N)c34)c(F)c3nc(OCC4(CN5CCC(=C(F)F)CC5)CC4)nc1c23. The van der Waals surface area contributed by atoms with E-state index in [1.54, 1.807) is 24.0 Å². The maximum Gasteiger partial charge on any atom is 0.420 e. The number of ether oxygens (including phenoxy) is 2. The number of thiophene rings is 1. The summed E-state index contributed by atoms with van der Waals surface area (Å²) in [6.45, 7) is 2.93. The van der Waals surface area contributed by atoms with Gasteiger partial charge in [0.25, 0.3) is 6.08 Å². The number of pyridine rings is 1. The minimum Gasteiger partial charge on any atom is -0.490 e. The predicted molar refractivity (Wildman–Crippen MR) is 196 cm³/mol. The van der Waals surface area contributed by atoms with E-state index in [0.717, 1.165) is 25.0 Å². The fourth-order valence-corrected chi connectivity index (χ4v) is 8.73. The normalized spacial score (nSPS) is 17.4. The van der Waals surface area contributed by atoms with Gasteiger partial charge in [-0.05, 0) is 55.9 Å². The second kappa shape index (κ2) is 14.0. The number of hydrogen-bond donors (Lipinski definition) is 2. The highest BCUT2D eigenvalue weighted by molar-refractivity contribution is 7.23. The summed E-state index contributed by atoms with van der Waals surface area (Å²) in [6.07, 6.45) is -3.37. The molecule has 2 fully saturated rings. The van der Waals surface area contributed by atoms with E-state index in [9.17, 15) is 14.0 Å². The number of likely N-dealkylation sites (tertiary alicyclic amines) is 1. The molecule has 10 nitrogen and oxygen atoms in total. The van der Waals surface area contributed by atoms with Crippen molar-refractivity contribution in [3.05, 3.63) is 70.4 Å². The number of hydrogen-bond acceptors (Lipinski definition) is 11. The first kappa shape index (κ1) is 37.5. The van der Waals surface area contributed by atoms with Gasteiger partial charge in [-0.1, -0.05) is 12.1 Å². The van der Waals surface area contributed by atoms with E-state index in [1.807, 2.05) is 6.07 Å². The highest BCUT2D eigenvalue weighted by Crippen LogP contribution is 2.54. The molecule has 0 amide bonds. The summed E-state index contributed by atoms with van der Waals surface area (Å²) in [5.74, 6) is -2.97. The fraction of sp³-hybridized carbons (Fsp3) is 0.368. The number of aromatic nitrogens is 3. The number of rotatable bonds is 8. The molecular weight excluding hydrogens is 766 g/mol. The van der Waals surface area contributed by atoms with E-state index in [0.29, 0.717) is 36.5 Å². The summed E-state index contributed by atoms with van der Waals surface area (Å²) in [4.78, 5) is 16.9. The van der Waals surface area contributed by atoms with Gasteiger partial charge in [0.2, 0.25) is 0 Å². The molecule has 3 aliphatic rings. The number of nitrogen functional groups attached to an aromatic ring is 2. The van der Waals surface area contributed by atoms with Crippen LogP contribution in [0.25, 0.3) is 32.1 Å². The molecule has 0 radical (unpaired) electrons. The predicted octanol–water partition coefficient (Wildman–Crippen LogP) is 8.60. The number of nitrogens with two attached hydrogens (primary N) is 2. The Labute approximate surface area is 319 Å². The Morgan fingerprint density at radius 1 is 1.09 bits per heavy atom. The molecule has 1 saturated heterocycles. The van der Waals surface area contributed by atoms with Crippen LogP contribution in [0, 0.1) is 28.4 Å². The van der Waals surface area contributed by atoms with Crippen molar-refractivity contribution in [2.24, 2.45) is 5.41 Å². The third-order valence-corrected chi connectivity index (χ3v) is 11.9. The first-order chi connectivity index (χ1) is 26.7. The lowest BCUT2D eigenvalue weighted by atomic mass is 9.91. The minimum atomic E-state index is -5.24. The Balaban J connectivity index is 1.31. The minimum absolute atomic E-state index is 0.0285. The number of fused-ring (bicyclic) bond motifs is 1. The molecule has 8 rings (SSSR count). The monoisotopic (exact) mass is 798 g/mol. The first-order valence-corrected chi connectivity index (χ1v) is 18.6. The van der Waals surface area contributed by atoms with Crippen molar-refractivity contribution >= 4 is 49.0 Å². The van der Waals surface area contributed by atoms with Gasteiger partial charge in [-0.3, -0.25) is 0 Å². The second-order valence-electron chi connectivity index (χ2n) is 14.3. The third-order valence-electron chi connectivity index (χ3n) is 10.9. The standard InChI is InChI=1S/C38H33F7N8O2S/c1-18(20-3-2-10-49-33(20)47)53-13-14-54-30-26-29(50-36(51-35(26)53)55-17-37(8-9-37)16-52-11-6-19(7-12-52)32(41)42)28(40)25(27(30)38(43,44)45)21-4-5-23(39)31-24(21)22(15-46)34(48)56-31/h2-5,10,18H,6-9,11-14,16-17,48H2,1H3,(H2,47,49)/t18-/m1/s1. The number of piperidine rings is 1. The highest BCUT2D eigenvalue weighted by Gasteiger charge is 2.47. The smallest absolute Gasteiger partial charge is 0.420 e. The summed E-state index contributed by atoms with van der Waals surface area (Å²) in [7, 11) is 0. The van der Waals surface area contributed by atoms with E-state index in [1.165, 1.54) is 6.20 Å². The van der Waals surface area contributed by atoms with E-state index in [4.69, 9.17) is 20.9 Å². The van der Waals surface area contributed by atoms with E-state index in [2.05, 4.69) is 19.9 Å². The molecule has 0 bridgehead atoms. The van der Waals surface area contributed by atoms with Gasteiger partial charge in [0.1, 0.15) is 52.0 Å². The van der Waals surface area contributed by atoms with Gasteiger partial charge in [0.15, 0.2) is 5.82 Å². The fourth-order valence-electron chi connectivity index (χ4n) is 7.78. The van der Waals surface area contributed by atoms with Crippen molar-refractivity contribution in [2.45, 2.75) is 44.8 Å². The van der Waals surface area contributed by atoms with Crippen LogP contribution >= 0.6 is 11.3 Å². The van der Waals surface area contributed by atoms with Crippen molar-refractivity contribution in [1.82, 2.24) is 19.9 Å². The summed E-state index contributed by atoms with van der Waals surface area (Å²) >= 11 is 0.661. The maximum absolute atomic E-state index is 17.4. The highest BCUT2D eigenvalue weighted by atomic mass is 32.1. The molecule has 1 atom stereocenters. The van der Waals surface area contributed by atoms with Crippen LogP contribution < -0.4 is 25.8 Å². The van der Waals surface area contributed by atoms with Crippen LogP contribution in [0.4, 0.5) is 47.4 Å². The topological polar surface area (TPSA) is 139 Å². The number of halogens is 7. The molecule has 4 N–H and O–H groups in total. The van der Waals surface area contributed by atoms with Crippen molar-refractivity contribution in [3.63, 3.8) is 0 Å². The molecule has 1 saturated carbocycles. The van der Waals surface area contributed by atoms with Gasteiger partial charge >= 0.3 is 12.2 Å². The van der Waals surface area contributed by atoms with Crippen LogP contribution in [0.3, 0.4) is 0 Å². The second-order valence-corrected chi connectivity index (χ2v) is 15.4. The number of benzene rings is 2. The Bertz CT molecular complexity index is 2470. The molecule has 2 aromatic carbocycles. The van der Waals surface area contributed by atoms with Crippen molar-refractivity contribution in [3.8, 4) is 29.0 Å². The molecule has 2 aliphatic heterocycles. The third kappa shape index (κ3) is 6.45. The summed E-state index contributed by atoms with van der Waals surface area (Å²) in [5.41, 5.74) is 8.74. The molecular formula is C38H33F7N8O2S. The molecule has 5 heterocycles. The lowest BCUT2D eigenvalue weighted by Crippen LogP contribution is -2.37. The van der Waals surface area contributed by atoms with Gasteiger partial charge in [-0.25, -0.2) is 13.8 Å². The lowest BCUT2D eigenvalue weighted by molar-refractivity contribution is -0.138. The van der Waals surface area contributed by atoms with Gasteiger partial charge in [-0.2, -0.15) is 37.2 Å². The first-order valence-electron chi connectivity index (χ1n) is 17.7. The molecule has 0 unspecified atom stereocenters. The van der Waals surface area contributed by atoms with Crippen LogP contribution in [-0.4, -0.2) is 59.2 Å². The van der Waals surface area contributed by atoms with Crippen LogP contribution in [-0.2, 0) is 6.18 Å². The molecule has 56 heavy (non-hydrogen) atoms. The Morgan fingerprint density at radius 2 is 1.84 bits per heavy atom. The Hall–Kier alpha value is -5.41. The van der Waals surface area contributed by atoms with Crippen molar-refractivity contribution < 1.29 is 40.2 Å². The van der Waals surface area contributed by atoms with Crippen LogP contribution in [0.1, 0.15) is 55.3 Å². The number of nitrogens with zero attached hydrogens (tertiary/aromatic N) is 6. The van der Waals surface area contributed by atoms with Gasteiger partial charge < -0.3 is 30.7 Å². The summed E-state index contributed by atoms with van der Waals surface area (Å²) in [5, 5.41) is 9.14. The molecule has 0 spiro atoms. The maximum atomic E-state index is 17.4. The van der Waals surface area contributed by atoms with Crippen LogP contribution in [0.5, 0.6) is 11.8 Å². The Kier molecular flexibility index (Phi) is 9.35. The average molecular weight is 799 g/mol. The lowest BCUT2D eigenvalue weighted by Gasteiger charge is -2.31. The molecule has 18 heteroatoms. The zero-order valence-electron chi connectivity index (χ0n) is 29.7. The van der Waals surface area contributed by atoms with Crippen LogP contribution in [0.2, 0.25) is 0 Å². The van der Waals surface area contributed by atoms with E-state index < -0.39 is 57.9 Å². The van der Waals surface area contributed by atoms with Gasteiger partial charge in [0, 0.05) is 47.8 Å². The molecule has 5 aromatic rings.